The summed E-state index contributed by atoms with van der Waals surface area (Å²) in [5.74, 6) is 0.577. The van der Waals surface area contributed by atoms with Crippen molar-refractivity contribution in [3.63, 3.8) is 0 Å². The zero-order valence-electron chi connectivity index (χ0n) is 24.3. The highest BCUT2D eigenvalue weighted by Crippen LogP contribution is 2.25. The lowest BCUT2D eigenvalue weighted by Crippen LogP contribution is -1.93. The zero-order chi connectivity index (χ0) is 28.8. The van der Waals surface area contributed by atoms with Gasteiger partial charge in [-0.15, -0.1) is 0 Å². The molecule has 0 spiro atoms. The summed E-state index contributed by atoms with van der Waals surface area (Å²) in [6.07, 6.45) is 9.26. The summed E-state index contributed by atoms with van der Waals surface area (Å²) in [4.78, 5) is 8.63. The second-order valence-electron chi connectivity index (χ2n) is 10.0. The Balaban J connectivity index is 0.000000174. The average molecular weight is 537 g/mol. The molecule has 6 nitrogen and oxygen atoms in total. The number of hydrogen-bond acceptors (Lipinski definition) is 4. The van der Waals surface area contributed by atoms with Gasteiger partial charge >= 0.3 is 0 Å². The van der Waals surface area contributed by atoms with Crippen LogP contribution in [0.4, 0.5) is 4.39 Å². The highest BCUT2D eigenvalue weighted by Gasteiger charge is 2.11. The molecule has 6 heterocycles. The SMILES string of the molecule is CC.CC(C)c1cnn2cc(-c3ncccc3F)ccc12.Cc1cccc(-c2ccc3c(C(C)C)cnn3c2)n1. The van der Waals surface area contributed by atoms with Crippen molar-refractivity contribution in [1.82, 2.24) is 29.2 Å². The van der Waals surface area contributed by atoms with E-state index in [9.17, 15) is 4.39 Å². The predicted octanol–water partition coefficient (Wildman–Crippen LogP) is 8.51. The van der Waals surface area contributed by atoms with Crippen LogP contribution >= 0.6 is 0 Å². The molecule has 6 aromatic heterocycles. The molecular formula is C33H37FN6. The van der Waals surface area contributed by atoms with Gasteiger partial charge in [0, 0.05) is 46.5 Å². The molecule has 6 rings (SSSR count). The Labute approximate surface area is 235 Å². The summed E-state index contributed by atoms with van der Waals surface area (Å²) >= 11 is 0. The maximum absolute atomic E-state index is 13.7. The van der Waals surface area contributed by atoms with Crippen LogP contribution in [0, 0.1) is 12.7 Å². The van der Waals surface area contributed by atoms with Crippen LogP contribution in [0.3, 0.4) is 0 Å². The van der Waals surface area contributed by atoms with Crippen LogP contribution in [0.5, 0.6) is 0 Å². The maximum atomic E-state index is 13.7. The molecule has 0 atom stereocenters. The van der Waals surface area contributed by atoms with Gasteiger partial charge in [0.05, 0.1) is 29.1 Å². The number of pyridine rings is 4. The Morgan fingerprint density at radius 2 is 1.27 bits per heavy atom. The summed E-state index contributed by atoms with van der Waals surface area (Å²) in [6, 6.07) is 17.2. The van der Waals surface area contributed by atoms with Crippen molar-refractivity contribution in [2.45, 2.75) is 60.3 Å². The molecule has 206 valence electrons. The van der Waals surface area contributed by atoms with E-state index >= 15 is 0 Å². The fourth-order valence-corrected chi connectivity index (χ4v) is 4.49. The van der Waals surface area contributed by atoms with E-state index < -0.39 is 0 Å². The second kappa shape index (κ2) is 12.6. The van der Waals surface area contributed by atoms with Gasteiger partial charge in [0.2, 0.25) is 0 Å². The Morgan fingerprint density at radius 1 is 0.700 bits per heavy atom. The van der Waals surface area contributed by atoms with Gasteiger partial charge in [-0.25, -0.2) is 13.4 Å². The molecule has 6 aromatic rings. The summed E-state index contributed by atoms with van der Waals surface area (Å²) in [5.41, 5.74) is 8.88. The van der Waals surface area contributed by atoms with Crippen LogP contribution in [0.15, 0.2) is 85.6 Å². The third-order valence-corrected chi connectivity index (χ3v) is 6.55. The molecule has 0 saturated heterocycles. The highest BCUT2D eigenvalue weighted by atomic mass is 19.1. The number of aryl methyl sites for hydroxylation is 1. The van der Waals surface area contributed by atoms with E-state index in [1.54, 1.807) is 16.8 Å². The molecule has 0 amide bonds. The first-order valence-corrected chi connectivity index (χ1v) is 13.8. The quantitative estimate of drug-likeness (QED) is 0.227. The zero-order valence-corrected chi connectivity index (χ0v) is 24.3. The Kier molecular flexibility index (Phi) is 9.04. The summed E-state index contributed by atoms with van der Waals surface area (Å²) < 4.78 is 17.4. The van der Waals surface area contributed by atoms with Crippen LogP contribution < -0.4 is 0 Å². The lowest BCUT2D eigenvalue weighted by molar-refractivity contribution is 0.625. The second-order valence-corrected chi connectivity index (χ2v) is 10.0. The molecule has 0 aliphatic heterocycles. The van der Waals surface area contributed by atoms with Crippen molar-refractivity contribution in [2.24, 2.45) is 0 Å². The molecule has 0 aromatic carbocycles. The van der Waals surface area contributed by atoms with Crippen LogP contribution in [0.1, 0.15) is 70.2 Å². The molecule has 40 heavy (non-hydrogen) atoms. The van der Waals surface area contributed by atoms with E-state index in [0.717, 1.165) is 28.0 Å². The van der Waals surface area contributed by atoms with Gasteiger partial charge in [-0.1, -0.05) is 47.6 Å². The lowest BCUT2D eigenvalue weighted by atomic mass is 10.1. The molecule has 0 radical (unpaired) electrons. The van der Waals surface area contributed by atoms with Gasteiger partial charge in [0.15, 0.2) is 0 Å². The van der Waals surface area contributed by atoms with E-state index in [-0.39, 0.29) is 5.82 Å². The minimum Gasteiger partial charge on any atom is -0.253 e. The topological polar surface area (TPSA) is 60.4 Å². The number of nitrogens with zero attached hydrogens (tertiary/aromatic N) is 6. The third-order valence-electron chi connectivity index (χ3n) is 6.55. The normalized spacial score (nSPS) is 10.9. The number of fused-ring (bicyclic) bond motifs is 2. The van der Waals surface area contributed by atoms with Crippen molar-refractivity contribution in [3.05, 3.63) is 108 Å². The largest absolute Gasteiger partial charge is 0.253 e. The van der Waals surface area contributed by atoms with E-state index in [1.165, 1.54) is 22.7 Å². The van der Waals surface area contributed by atoms with Gasteiger partial charge in [-0.2, -0.15) is 10.2 Å². The summed E-state index contributed by atoms with van der Waals surface area (Å²) in [6.45, 7) is 14.6. The van der Waals surface area contributed by atoms with Gasteiger partial charge in [-0.3, -0.25) is 9.97 Å². The van der Waals surface area contributed by atoms with E-state index in [1.807, 2.05) is 80.4 Å². The van der Waals surface area contributed by atoms with Gasteiger partial charge in [0.25, 0.3) is 0 Å². The molecule has 7 heteroatoms. The van der Waals surface area contributed by atoms with Crippen LogP contribution in [0.2, 0.25) is 0 Å². The van der Waals surface area contributed by atoms with Crippen LogP contribution in [0.25, 0.3) is 33.5 Å². The molecule has 0 unspecified atom stereocenters. The minimum absolute atomic E-state index is 0.321. The fraction of sp³-hybridized carbons (Fsp3) is 0.273. The molecule has 0 N–H and O–H groups in total. The van der Waals surface area contributed by atoms with Crippen molar-refractivity contribution < 1.29 is 4.39 Å². The van der Waals surface area contributed by atoms with Gasteiger partial charge < -0.3 is 0 Å². The van der Waals surface area contributed by atoms with Crippen molar-refractivity contribution >= 4 is 11.0 Å². The predicted molar refractivity (Wildman–Crippen MR) is 161 cm³/mol. The van der Waals surface area contributed by atoms with Crippen molar-refractivity contribution in [3.8, 4) is 22.5 Å². The summed E-state index contributed by atoms with van der Waals surface area (Å²) in [7, 11) is 0. The van der Waals surface area contributed by atoms with E-state index in [0.29, 0.717) is 17.5 Å². The lowest BCUT2D eigenvalue weighted by Gasteiger charge is -2.05. The molecule has 0 fully saturated rings. The van der Waals surface area contributed by atoms with Gasteiger partial charge in [-0.05, 0) is 67.3 Å². The monoisotopic (exact) mass is 536 g/mol. The standard InChI is InChI=1S/C16H17N3.C15H14FN3.C2H6/c1-11(2)14-9-17-19-10-13(7-8-16(14)19)15-6-4-5-12(3)18-15;1-10(2)12-8-18-19-9-11(5-6-14(12)19)15-13(16)4-3-7-17-15;1-2/h4-11H,1-3H3;3-10H,1-2H3;1-2H3. The van der Waals surface area contributed by atoms with Crippen molar-refractivity contribution in [2.75, 3.05) is 0 Å². The first-order chi connectivity index (χ1) is 19.3. The Morgan fingerprint density at radius 3 is 1.82 bits per heavy atom. The third kappa shape index (κ3) is 6.09. The maximum Gasteiger partial charge on any atom is 0.149 e. The fourth-order valence-electron chi connectivity index (χ4n) is 4.49. The molecule has 0 bridgehead atoms. The number of halogens is 1. The first kappa shape index (κ1) is 28.6. The Hall–Kier alpha value is -4.39. The minimum atomic E-state index is -0.321. The highest BCUT2D eigenvalue weighted by molar-refractivity contribution is 5.65. The van der Waals surface area contributed by atoms with Crippen LogP contribution in [-0.2, 0) is 0 Å². The number of aromatic nitrogens is 6. The number of rotatable bonds is 4. The molecule has 0 aliphatic carbocycles. The van der Waals surface area contributed by atoms with Crippen molar-refractivity contribution in [1.29, 1.82) is 0 Å². The average Bonchev–Trinajstić information content (AvgIpc) is 3.59. The molecule has 0 saturated carbocycles. The molecular weight excluding hydrogens is 499 g/mol. The van der Waals surface area contributed by atoms with E-state index in [2.05, 4.69) is 60.0 Å². The Bertz CT molecular complexity index is 1710. The smallest absolute Gasteiger partial charge is 0.149 e. The van der Waals surface area contributed by atoms with E-state index in [4.69, 9.17) is 0 Å². The first-order valence-electron chi connectivity index (χ1n) is 13.8. The summed E-state index contributed by atoms with van der Waals surface area (Å²) in [5, 5.41) is 8.76. The van der Waals surface area contributed by atoms with Crippen LogP contribution in [-0.4, -0.2) is 29.2 Å². The van der Waals surface area contributed by atoms with Gasteiger partial charge in [0.1, 0.15) is 11.5 Å². The number of hydrogen-bond donors (Lipinski definition) is 0. The molecule has 0 aliphatic rings.